The Morgan fingerprint density at radius 3 is 2.52 bits per heavy atom. The largest absolute Gasteiger partial charge is 0.333 e. The molecule has 0 aliphatic rings. The highest BCUT2D eigenvalue weighted by atomic mass is 79.9. The number of hydrogen-bond donors (Lipinski definition) is 0. The maximum atomic E-state index is 5.41. The van der Waals surface area contributed by atoms with E-state index in [1.165, 1.54) is 9.77 Å². The lowest BCUT2D eigenvalue weighted by Gasteiger charge is -2.14. The van der Waals surface area contributed by atoms with E-state index in [4.69, 9.17) is 4.52 Å². The van der Waals surface area contributed by atoms with E-state index in [9.17, 15) is 0 Å². The maximum Gasteiger partial charge on any atom is 0.268 e. The van der Waals surface area contributed by atoms with Gasteiger partial charge in [-0.1, -0.05) is 41.9 Å². The zero-order chi connectivity index (χ0) is 16.4. The summed E-state index contributed by atoms with van der Waals surface area (Å²) < 4.78 is 6.49. The number of nitrogens with zero attached hydrogens (tertiary/aromatic N) is 2. The number of hydrogen-bond acceptors (Lipinski definition) is 5. The SMILES string of the molecule is CC(C)(C)c1ccc(-c2nc(CSc3ccc(Br)cc3)no2)s1. The smallest absolute Gasteiger partial charge is 0.268 e. The molecule has 23 heavy (non-hydrogen) atoms. The average Bonchev–Trinajstić information content (AvgIpc) is 3.15. The van der Waals surface area contributed by atoms with Crippen LogP contribution in [-0.4, -0.2) is 10.1 Å². The Morgan fingerprint density at radius 2 is 1.87 bits per heavy atom. The summed E-state index contributed by atoms with van der Waals surface area (Å²) in [4.78, 5) is 8.04. The predicted molar refractivity (Wildman–Crippen MR) is 100 cm³/mol. The normalized spacial score (nSPS) is 11.8. The number of thioether (sulfide) groups is 1. The van der Waals surface area contributed by atoms with Gasteiger partial charge in [0.1, 0.15) is 0 Å². The first-order chi connectivity index (χ1) is 10.9. The fourth-order valence-electron chi connectivity index (χ4n) is 1.95. The van der Waals surface area contributed by atoms with Crippen LogP contribution in [0.3, 0.4) is 0 Å². The van der Waals surface area contributed by atoms with Crippen LogP contribution >= 0.6 is 39.0 Å². The summed E-state index contributed by atoms with van der Waals surface area (Å²) in [6.45, 7) is 6.62. The molecule has 0 amide bonds. The molecular formula is C17H17BrN2OS2. The zero-order valence-corrected chi connectivity index (χ0v) is 16.4. The molecule has 3 nitrogen and oxygen atoms in total. The van der Waals surface area contributed by atoms with Crippen molar-refractivity contribution in [2.24, 2.45) is 0 Å². The molecule has 3 aromatic rings. The number of aromatic nitrogens is 2. The van der Waals surface area contributed by atoms with Crippen LogP contribution in [0.25, 0.3) is 10.8 Å². The molecule has 0 aliphatic carbocycles. The molecule has 0 spiro atoms. The molecule has 0 fully saturated rings. The monoisotopic (exact) mass is 408 g/mol. The topological polar surface area (TPSA) is 38.9 Å². The van der Waals surface area contributed by atoms with Gasteiger partial charge < -0.3 is 4.52 Å². The Hall–Kier alpha value is -1.11. The highest BCUT2D eigenvalue weighted by Gasteiger charge is 2.18. The molecule has 0 aliphatic heterocycles. The first-order valence-corrected chi connectivity index (χ1v) is 9.83. The quantitative estimate of drug-likeness (QED) is 0.485. The van der Waals surface area contributed by atoms with Gasteiger partial charge in [-0.25, -0.2) is 0 Å². The van der Waals surface area contributed by atoms with Crippen LogP contribution in [0.15, 0.2) is 50.3 Å². The van der Waals surface area contributed by atoms with Crippen LogP contribution in [-0.2, 0) is 11.2 Å². The average molecular weight is 409 g/mol. The fourth-order valence-corrected chi connectivity index (χ4v) is 3.94. The molecule has 6 heteroatoms. The van der Waals surface area contributed by atoms with Crippen molar-refractivity contribution < 1.29 is 4.52 Å². The van der Waals surface area contributed by atoms with Gasteiger partial charge >= 0.3 is 0 Å². The molecule has 0 saturated carbocycles. The van der Waals surface area contributed by atoms with Crippen LogP contribution in [0.1, 0.15) is 31.5 Å². The van der Waals surface area contributed by atoms with Crippen molar-refractivity contribution in [2.75, 3.05) is 0 Å². The first kappa shape index (κ1) is 16.7. The van der Waals surface area contributed by atoms with Crippen LogP contribution in [0.2, 0.25) is 0 Å². The minimum Gasteiger partial charge on any atom is -0.333 e. The molecule has 0 bridgehead atoms. The third kappa shape index (κ3) is 4.25. The summed E-state index contributed by atoms with van der Waals surface area (Å²) in [6, 6.07) is 12.4. The van der Waals surface area contributed by atoms with E-state index in [0.29, 0.717) is 11.6 Å². The van der Waals surface area contributed by atoms with Gasteiger partial charge in [-0.15, -0.1) is 23.1 Å². The maximum absolute atomic E-state index is 5.41. The molecule has 0 atom stereocenters. The van der Waals surface area contributed by atoms with E-state index in [2.05, 4.69) is 71.1 Å². The number of halogens is 1. The van der Waals surface area contributed by atoms with Gasteiger partial charge in [0, 0.05) is 14.2 Å². The van der Waals surface area contributed by atoms with E-state index in [-0.39, 0.29) is 5.41 Å². The molecule has 2 heterocycles. The van der Waals surface area contributed by atoms with Crippen LogP contribution in [0, 0.1) is 0 Å². The van der Waals surface area contributed by atoms with Gasteiger partial charge in [-0.05, 0) is 41.8 Å². The number of thiophene rings is 1. The van der Waals surface area contributed by atoms with E-state index < -0.39 is 0 Å². The molecule has 120 valence electrons. The second-order valence-corrected chi connectivity index (χ2v) is 9.22. The van der Waals surface area contributed by atoms with Crippen molar-refractivity contribution in [1.29, 1.82) is 0 Å². The zero-order valence-electron chi connectivity index (χ0n) is 13.2. The van der Waals surface area contributed by atoms with Crippen molar-refractivity contribution in [1.82, 2.24) is 10.1 Å². The van der Waals surface area contributed by atoms with Gasteiger partial charge in [0.15, 0.2) is 5.82 Å². The molecular weight excluding hydrogens is 392 g/mol. The Balaban J connectivity index is 1.68. The summed E-state index contributed by atoms with van der Waals surface area (Å²) in [7, 11) is 0. The van der Waals surface area contributed by atoms with Crippen molar-refractivity contribution in [3.63, 3.8) is 0 Å². The Bertz CT molecular complexity index is 788. The molecule has 0 N–H and O–H groups in total. The van der Waals surface area contributed by atoms with Gasteiger partial charge in [-0.2, -0.15) is 4.98 Å². The highest BCUT2D eigenvalue weighted by molar-refractivity contribution is 9.10. The minimum absolute atomic E-state index is 0.142. The van der Waals surface area contributed by atoms with Gasteiger partial charge in [-0.3, -0.25) is 0 Å². The van der Waals surface area contributed by atoms with E-state index in [0.717, 1.165) is 15.2 Å². The van der Waals surface area contributed by atoms with Crippen LogP contribution in [0.5, 0.6) is 0 Å². The lowest BCUT2D eigenvalue weighted by molar-refractivity contribution is 0.426. The van der Waals surface area contributed by atoms with Crippen molar-refractivity contribution in [3.05, 3.63) is 51.6 Å². The van der Waals surface area contributed by atoms with Crippen molar-refractivity contribution in [3.8, 4) is 10.8 Å². The fraction of sp³-hybridized carbons (Fsp3) is 0.294. The second kappa shape index (κ2) is 6.79. The molecule has 3 rings (SSSR count). The van der Waals surface area contributed by atoms with Crippen molar-refractivity contribution >= 4 is 39.0 Å². The van der Waals surface area contributed by atoms with E-state index >= 15 is 0 Å². The summed E-state index contributed by atoms with van der Waals surface area (Å²) in [5.74, 6) is 2.03. The van der Waals surface area contributed by atoms with Crippen LogP contribution < -0.4 is 0 Å². The summed E-state index contributed by atoms with van der Waals surface area (Å²) in [5, 5.41) is 4.09. The lowest BCUT2D eigenvalue weighted by Crippen LogP contribution is -2.07. The number of benzene rings is 1. The van der Waals surface area contributed by atoms with E-state index in [1.54, 1.807) is 23.1 Å². The molecule has 2 aromatic heterocycles. The third-order valence-electron chi connectivity index (χ3n) is 3.21. The molecule has 0 saturated heterocycles. The summed E-state index contributed by atoms with van der Waals surface area (Å²) in [6.07, 6.45) is 0. The molecule has 1 aromatic carbocycles. The lowest BCUT2D eigenvalue weighted by atomic mass is 9.95. The standard InChI is InChI=1S/C17H17BrN2OS2/c1-17(2,3)14-9-8-13(23-14)16-19-15(20-21-16)10-22-12-6-4-11(18)5-7-12/h4-9H,10H2,1-3H3. The molecule has 0 unspecified atom stereocenters. The summed E-state index contributed by atoms with van der Waals surface area (Å²) in [5.41, 5.74) is 0.142. The predicted octanol–water partition coefficient (Wildman–Crippen LogP) is 6.15. The molecule has 0 radical (unpaired) electrons. The van der Waals surface area contributed by atoms with Gasteiger partial charge in [0.25, 0.3) is 5.89 Å². The minimum atomic E-state index is 0.142. The third-order valence-corrected chi connectivity index (χ3v) is 6.24. The number of rotatable bonds is 4. The van der Waals surface area contributed by atoms with E-state index in [1.807, 2.05) is 12.1 Å². The van der Waals surface area contributed by atoms with Crippen molar-refractivity contribution in [2.45, 2.75) is 36.8 Å². The Kier molecular flexibility index (Phi) is 4.94. The first-order valence-electron chi connectivity index (χ1n) is 7.23. The highest BCUT2D eigenvalue weighted by Crippen LogP contribution is 2.34. The van der Waals surface area contributed by atoms with Gasteiger partial charge in [0.2, 0.25) is 0 Å². The summed E-state index contributed by atoms with van der Waals surface area (Å²) >= 11 is 6.85. The Morgan fingerprint density at radius 1 is 1.13 bits per heavy atom. The second-order valence-electron chi connectivity index (χ2n) is 6.17. The van der Waals surface area contributed by atoms with Crippen LogP contribution in [0.4, 0.5) is 0 Å². The van der Waals surface area contributed by atoms with Gasteiger partial charge in [0.05, 0.1) is 10.6 Å². The Labute approximate surface area is 152 Å².